The summed E-state index contributed by atoms with van der Waals surface area (Å²) in [6.07, 6.45) is 0.239. The summed E-state index contributed by atoms with van der Waals surface area (Å²) in [5.41, 5.74) is 4.23. The third-order valence-corrected chi connectivity index (χ3v) is 6.78. The molecule has 0 amide bonds. The van der Waals surface area contributed by atoms with Crippen LogP contribution in [0.4, 0.5) is 0 Å². The lowest BCUT2D eigenvalue weighted by atomic mass is 9.96. The molecule has 0 aliphatic rings. The van der Waals surface area contributed by atoms with Crippen molar-refractivity contribution in [1.82, 2.24) is 0 Å². The van der Waals surface area contributed by atoms with Crippen LogP contribution in [0.25, 0.3) is 21.2 Å². The minimum absolute atomic E-state index is 0.192. The molecule has 0 saturated heterocycles. The van der Waals surface area contributed by atoms with Crippen LogP contribution in [0.2, 0.25) is 5.02 Å². The molecule has 4 aromatic rings. The number of thiophene rings is 1. The summed E-state index contributed by atoms with van der Waals surface area (Å²) < 4.78 is 12.3. The Morgan fingerprint density at radius 2 is 1.85 bits per heavy atom. The molecule has 0 fully saturated rings. The molecule has 0 unspecified atom stereocenters. The molecule has 1 heterocycles. The van der Waals surface area contributed by atoms with E-state index >= 15 is 0 Å². The summed E-state index contributed by atoms with van der Waals surface area (Å²) in [7, 11) is 0. The molecular formula is C29H25ClO3S. The first-order valence-electron chi connectivity index (χ1n) is 11.1. The first kappa shape index (κ1) is 23.9. The SMILES string of the molecule is CC#C[C@@H](CC(=O)OCC)c1ccc(OCc2ccc3scc(-c4ccccc4Cl)c3c2)cc1. The number of carbonyl (C=O) groups is 1. The van der Waals surface area contributed by atoms with E-state index in [0.29, 0.717) is 13.2 Å². The molecule has 0 saturated carbocycles. The number of hydrogen-bond acceptors (Lipinski definition) is 4. The van der Waals surface area contributed by atoms with Crippen LogP contribution < -0.4 is 4.74 Å². The van der Waals surface area contributed by atoms with Crippen LogP contribution in [0.1, 0.15) is 37.3 Å². The van der Waals surface area contributed by atoms with E-state index in [0.717, 1.165) is 33.0 Å². The number of carbonyl (C=O) groups excluding carboxylic acids is 1. The van der Waals surface area contributed by atoms with Crippen LogP contribution in [0.15, 0.2) is 72.1 Å². The van der Waals surface area contributed by atoms with Crippen molar-refractivity contribution in [2.75, 3.05) is 6.61 Å². The zero-order valence-corrected chi connectivity index (χ0v) is 20.7. The second-order valence-corrected chi connectivity index (χ2v) is 9.09. The van der Waals surface area contributed by atoms with E-state index in [4.69, 9.17) is 21.1 Å². The van der Waals surface area contributed by atoms with Crippen molar-refractivity contribution in [3.05, 3.63) is 88.3 Å². The Kier molecular flexibility index (Phi) is 7.90. The van der Waals surface area contributed by atoms with Gasteiger partial charge in [-0.25, -0.2) is 0 Å². The largest absolute Gasteiger partial charge is 0.489 e. The van der Waals surface area contributed by atoms with E-state index in [-0.39, 0.29) is 18.3 Å². The minimum Gasteiger partial charge on any atom is -0.489 e. The van der Waals surface area contributed by atoms with E-state index in [1.54, 1.807) is 25.2 Å². The number of halogens is 1. The number of rotatable bonds is 8. The van der Waals surface area contributed by atoms with Crippen LogP contribution in [-0.4, -0.2) is 12.6 Å². The minimum atomic E-state index is -0.240. The van der Waals surface area contributed by atoms with Crippen molar-refractivity contribution >= 4 is 39.0 Å². The summed E-state index contributed by atoms with van der Waals surface area (Å²) in [5.74, 6) is 6.34. The van der Waals surface area contributed by atoms with Crippen LogP contribution in [0.3, 0.4) is 0 Å². The molecule has 0 aliphatic heterocycles. The molecule has 0 radical (unpaired) electrons. The maximum atomic E-state index is 11.9. The molecule has 34 heavy (non-hydrogen) atoms. The molecule has 5 heteroatoms. The number of esters is 1. The van der Waals surface area contributed by atoms with Gasteiger partial charge in [-0.2, -0.15) is 0 Å². The lowest BCUT2D eigenvalue weighted by Gasteiger charge is -2.12. The molecule has 4 rings (SSSR count). The van der Waals surface area contributed by atoms with E-state index in [2.05, 4.69) is 35.4 Å². The quantitative estimate of drug-likeness (QED) is 0.187. The van der Waals surface area contributed by atoms with Crippen molar-refractivity contribution in [3.63, 3.8) is 0 Å². The van der Waals surface area contributed by atoms with Gasteiger partial charge in [0.25, 0.3) is 0 Å². The summed E-state index contributed by atoms with van der Waals surface area (Å²) in [6.45, 7) is 4.40. The highest BCUT2D eigenvalue weighted by molar-refractivity contribution is 7.17. The van der Waals surface area contributed by atoms with Crippen LogP contribution in [0.5, 0.6) is 5.75 Å². The highest BCUT2D eigenvalue weighted by Gasteiger charge is 2.15. The van der Waals surface area contributed by atoms with Gasteiger partial charge in [0, 0.05) is 26.2 Å². The van der Waals surface area contributed by atoms with Crippen molar-refractivity contribution in [3.8, 4) is 28.7 Å². The Hall–Kier alpha value is -3.26. The molecule has 0 spiro atoms. The van der Waals surface area contributed by atoms with Crippen molar-refractivity contribution < 1.29 is 14.3 Å². The Labute approximate surface area is 209 Å². The van der Waals surface area contributed by atoms with Gasteiger partial charge in [-0.05, 0) is 60.7 Å². The van der Waals surface area contributed by atoms with E-state index in [9.17, 15) is 4.79 Å². The molecule has 3 nitrogen and oxygen atoms in total. The maximum absolute atomic E-state index is 11.9. The molecule has 172 valence electrons. The van der Waals surface area contributed by atoms with E-state index in [1.165, 1.54) is 10.1 Å². The highest BCUT2D eigenvalue weighted by Crippen LogP contribution is 2.38. The topological polar surface area (TPSA) is 35.5 Å². The van der Waals surface area contributed by atoms with Crippen LogP contribution in [0, 0.1) is 11.8 Å². The molecule has 1 atom stereocenters. The third kappa shape index (κ3) is 5.62. The average molecular weight is 489 g/mol. The highest BCUT2D eigenvalue weighted by atomic mass is 35.5. The molecule has 0 N–H and O–H groups in total. The summed E-state index contributed by atoms with van der Waals surface area (Å²) in [4.78, 5) is 11.9. The van der Waals surface area contributed by atoms with Gasteiger partial charge in [0.1, 0.15) is 12.4 Å². The second-order valence-electron chi connectivity index (χ2n) is 7.77. The predicted molar refractivity (Wildman–Crippen MR) is 140 cm³/mol. The Balaban J connectivity index is 1.47. The number of benzene rings is 3. The fourth-order valence-electron chi connectivity index (χ4n) is 3.83. The van der Waals surface area contributed by atoms with Crippen LogP contribution >= 0.6 is 22.9 Å². The zero-order chi connectivity index (χ0) is 23.9. The smallest absolute Gasteiger partial charge is 0.307 e. The van der Waals surface area contributed by atoms with Gasteiger partial charge in [-0.15, -0.1) is 17.3 Å². The van der Waals surface area contributed by atoms with E-state index < -0.39 is 0 Å². The Bertz CT molecular complexity index is 1350. The van der Waals surface area contributed by atoms with Gasteiger partial charge in [0.15, 0.2) is 0 Å². The first-order chi connectivity index (χ1) is 16.6. The molecular weight excluding hydrogens is 464 g/mol. The van der Waals surface area contributed by atoms with Gasteiger partial charge in [0.05, 0.1) is 18.9 Å². The second kappa shape index (κ2) is 11.2. The van der Waals surface area contributed by atoms with Gasteiger partial charge < -0.3 is 9.47 Å². The molecule has 0 bridgehead atoms. The lowest BCUT2D eigenvalue weighted by molar-refractivity contribution is -0.143. The fourth-order valence-corrected chi connectivity index (χ4v) is 5.01. The van der Waals surface area contributed by atoms with E-state index in [1.807, 2.05) is 48.5 Å². The van der Waals surface area contributed by atoms with Crippen molar-refractivity contribution in [1.29, 1.82) is 0 Å². The molecule has 3 aromatic carbocycles. The Morgan fingerprint density at radius 1 is 1.06 bits per heavy atom. The predicted octanol–water partition coefficient (Wildman–Crippen LogP) is 7.86. The molecule has 0 aliphatic carbocycles. The van der Waals surface area contributed by atoms with Crippen molar-refractivity contribution in [2.24, 2.45) is 0 Å². The van der Waals surface area contributed by atoms with Gasteiger partial charge >= 0.3 is 5.97 Å². The number of ether oxygens (including phenoxy) is 2. The maximum Gasteiger partial charge on any atom is 0.307 e. The van der Waals surface area contributed by atoms with Crippen molar-refractivity contribution in [2.45, 2.75) is 32.8 Å². The Morgan fingerprint density at radius 3 is 2.59 bits per heavy atom. The van der Waals surface area contributed by atoms with Gasteiger partial charge in [-0.3, -0.25) is 4.79 Å². The fraction of sp³-hybridized carbons (Fsp3) is 0.207. The van der Waals surface area contributed by atoms with Crippen LogP contribution in [-0.2, 0) is 16.1 Å². The normalized spacial score (nSPS) is 11.5. The number of fused-ring (bicyclic) bond motifs is 1. The first-order valence-corrected chi connectivity index (χ1v) is 12.4. The molecule has 1 aromatic heterocycles. The standard InChI is InChI=1S/C29H25ClO3S/c1-3-7-22(17-29(31)32-4-2)21-11-13-23(14-12-21)33-18-20-10-15-28-25(16-20)26(19-34-28)24-8-5-6-9-27(24)30/h5-6,8-16,19,22H,4,17-18H2,1-2H3/t22-/m0/s1. The third-order valence-electron chi connectivity index (χ3n) is 5.48. The average Bonchev–Trinajstić information content (AvgIpc) is 3.26. The number of hydrogen-bond donors (Lipinski definition) is 0. The summed E-state index contributed by atoms with van der Waals surface area (Å²) >= 11 is 8.15. The monoisotopic (exact) mass is 488 g/mol. The summed E-state index contributed by atoms with van der Waals surface area (Å²) in [6, 6.07) is 22.1. The van der Waals surface area contributed by atoms with Gasteiger partial charge in [-0.1, -0.05) is 53.9 Å². The lowest BCUT2D eigenvalue weighted by Crippen LogP contribution is -2.09. The summed E-state index contributed by atoms with van der Waals surface area (Å²) in [5, 5.41) is 4.08. The zero-order valence-electron chi connectivity index (χ0n) is 19.1. The van der Waals surface area contributed by atoms with Gasteiger partial charge in [0.2, 0.25) is 0 Å².